The number of benzene rings is 1. The van der Waals surface area contributed by atoms with Gasteiger partial charge in [-0.1, -0.05) is 31.2 Å². The lowest BCUT2D eigenvalue weighted by atomic mass is 9.79. The summed E-state index contributed by atoms with van der Waals surface area (Å²) in [5, 5.41) is 0. The molecule has 0 radical (unpaired) electrons. The van der Waals surface area contributed by atoms with Crippen LogP contribution in [0.3, 0.4) is 0 Å². The first kappa shape index (κ1) is 13.9. The van der Waals surface area contributed by atoms with Crippen molar-refractivity contribution in [3.63, 3.8) is 0 Å². The van der Waals surface area contributed by atoms with Crippen LogP contribution < -0.4 is 0 Å². The van der Waals surface area contributed by atoms with Gasteiger partial charge in [-0.2, -0.15) is 0 Å². The van der Waals surface area contributed by atoms with E-state index in [0.29, 0.717) is 0 Å². The van der Waals surface area contributed by atoms with E-state index in [-0.39, 0.29) is 11.4 Å². The Labute approximate surface area is 125 Å². The van der Waals surface area contributed by atoms with Crippen LogP contribution in [-0.2, 0) is 18.3 Å². The molecule has 0 atom stereocenters. The minimum absolute atomic E-state index is 0.0293. The van der Waals surface area contributed by atoms with Gasteiger partial charge >= 0.3 is 6.03 Å². The minimum Gasteiger partial charge on any atom is -0.330 e. The van der Waals surface area contributed by atoms with Gasteiger partial charge in [0.1, 0.15) is 6.33 Å². The summed E-state index contributed by atoms with van der Waals surface area (Å²) in [5.41, 5.74) is 3.87. The van der Waals surface area contributed by atoms with Crippen LogP contribution in [0.2, 0.25) is 0 Å². The summed E-state index contributed by atoms with van der Waals surface area (Å²) in [6.07, 6.45) is 6.57. The van der Waals surface area contributed by atoms with E-state index in [1.807, 2.05) is 6.20 Å². The third-order valence-corrected chi connectivity index (χ3v) is 4.58. The van der Waals surface area contributed by atoms with Gasteiger partial charge in [-0.05, 0) is 30.4 Å². The summed E-state index contributed by atoms with van der Waals surface area (Å²) in [7, 11) is 3.51. The van der Waals surface area contributed by atoms with Crippen molar-refractivity contribution in [3.8, 4) is 0 Å². The molecule has 1 aliphatic rings. The van der Waals surface area contributed by atoms with Crippen LogP contribution in [0.5, 0.6) is 0 Å². The number of carbonyl (C=O) groups is 1. The lowest BCUT2D eigenvalue weighted by Gasteiger charge is -2.25. The molecule has 1 heterocycles. The van der Waals surface area contributed by atoms with Crippen molar-refractivity contribution >= 4 is 6.03 Å². The van der Waals surface area contributed by atoms with Crippen LogP contribution in [0.4, 0.5) is 4.79 Å². The highest BCUT2D eigenvalue weighted by Gasteiger charge is 2.39. The molecule has 1 aliphatic carbocycles. The highest BCUT2D eigenvalue weighted by atomic mass is 16.2. The molecule has 3 rings (SSSR count). The van der Waals surface area contributed by atoms with E-state index >= 15 is 0 Å². The molecule has 0 N–H and O–H groups in total. The number of fused-ring (bicyclic) bond motifs is 1. The zero-order chi connectivity index (χ0) is 15.0. The topological polar surface area (TPSA) is 38.1 Å². The molecule has 0 bridgehead atoms. The first-order chi connectivity index (χ1) is 10.1. The molecule has 1 aromatic carbocycles. The van der Waals surface area contributed by atoms with Crippen LogP contribution in [0.15, 0.2) is 36.8 Å². The van der Waals surface area contributed by atoms with E-state index in [1.165, 1.54) is 11.1 Å². The first-order valence-corrected chi connectivity index (χ1v) is 7.38. The molecule has 1 amide bonds. The third-order valence-electron chi connectivity index (χ3n) is 4.58. The van der Waals surface area contributed by atoms with Crippen LogP contribution >= 0.6 is 0 Å². The second-order valence-corrected chi connectivity index (χ2v) is 6.10. The molecule has 4 heteroatoms. The normalized spacial score (nSPS) is 15.8. The number of aromatic nitrogens is 2. The van der Waals surface area contributed by atoms with E-state index in [4.69, 9.17) is 0 Å². The summed E-state index contributed by atoms with van der Waals surface area (Å²) < 4.78 is 1.58. The molecule has 4 nitrogen and oxygen atoms in total. The molecular weight excluding hydrogens is 262 g/mol. The van der Waals surface area contributed by atoms with Gasteiger partial charge in [0.05, 0.1) is 5.69 Å². The van der Waals surface area contributed by atoms with Gasteiger partial charge in [0.25, 0.3) is 0 Å². The number of hydrogen-bond donors (Lipinski definition) is 0. The molecule has 0 saturated carbocycles. The van der Waals surface area contributed by atoms with Crippen molar-refractivity contribution < 1.29 is 4.79 Å². The Morgan fingerprint density at radius 2 is 1.90 bits per heavy atom. The fraction of sp³-hybridized carbons (Fsp3) is 0.412. The number of nitrogens with zero attached hydrogens (tertiary/aromatic N) is 3. The Morgan fingerprint density at radius 1 is 1.29 bits per heavy atom. The monoisotopic (exact) mass is 283 g/mol. The number of carbonyl (C=O) groups excluding carboxylic acids is 1. The van der Waals surface area contributed by atoms with Crippen molar-refractivity contribution in [1.82, 2.24) is 14.5 Å². The van der Waals surface area contributed by atoms with Crippen molar-refractivity contribution in [2.24, 2.45) is 0 Å². The van der Waals surface area contributed by atoms with Crippen LogP contribution in [0.1, 0.15) is 30.2 Å². The minimum atomic E-state index is -0.0597. The fourth-order valence-electron chi connectivity index (χ4n) is 3.24. The molecule has 0 spiro atoms. The zero-order valence-corrected chi connectivity index (χ0v) is 12.8. The van der Waals surface area contributed by atoms with Crippen molar-refractivity contribution in [2.75, 3.05) is 14.1 Å². The maximum Gasteiger partial charge on any atom is 0.328 e. The Hall–Kier alpha value is -2.10. The predicted octanol–water partition coefficient (Wildman–Crippen LogP) is 2.86. The second kappa shape index (κ2) is 5.02. The quantitative estimate of drug-likeness (QED) is 0.850. The van der Waals surface area contributed by atoms with E-state index < -0.39 is 0 Å². The average molecular weight is 283 g/mol. The molecule has 110 valence electrons. The zero-order valence-electron chi connectivity index (χ0n) is 12.8. The number of hydrogen-bond acceptors (Lipinski definition) is 2. The van der Waals surface area contributed by atoms with Crippen LogP contribution in [-0.4, -0.2) is 34.6 Å². The smallest absolute Gasteiger partial charge is 0.328 e. The van der Waals surface area contributed by atoms with Crippen molar-refractivity contribution in [3.05, 3.63) is 53.6 Å². The highest BCUT2D eigenvalue weighted by molar-refractivity contribution is 5.76. The summed E-state index contributed by atoms with van der Waals surface area (Å²) in [6.45, 7) is 2.21. The molecule has 0 unspecified atom stereocenters. The maximum absolute atomic E-state index is 12.0. The van der Waals surface area contributed by atoms with Crippen LogP contribution in [0, 0.1) is 0 Å². The van der Waals surface area contributed by atoms with Gasteiger partial charge < -0.3 is 4.90 Å². The first-order valence-electron chi connectivity index (χ1n) is 7.38. The maximum atomic E-state index is 12.0. The average Bonchev–Trinajstić information content (AvgIpc) is 3.11. The number of rotatable bonds is 2. The molecule has 0 saturated heterocycles. The largest absolute Gasteiger partial charge is 0.330 e. The summed E-state index contributed by atoms with van der Waals surface area (Å²) in [6, 6.07) is 8.54. The van der Waals surface area contributed by atoms with E-state index in [0.717, 1.165) is 25.0 Å². The molecule has 1 aromatic heterocycles. The Balaban J connectivity index is 1.94. The van der Waals surface area contributed by atoms with Gasteiger partial charge in [0.2, 0.25) is 0 Å². The Morgan fingerprint density at radius 3 is 2.43 bits per heavy atom. The van der Waals surface area contributed by atoms with Gasteiger partial charge in [-0.25, -0.2) is 9.78 Å². The summed E-state index contributed by atoms with van der Waals surface area (Å²) >= 11 is 0. The van der Waals surface area contributed by atoms with Crippen molar-refractivity contribution in [1.29, 1.82) is 0 Å². The van der Waals surface area contributed by atoms with E-state index in [9.17, 15) is 4.79 Å². The lowest BCUT2D eigenvalue weighted by molar-refractivity contribution is 0.219. The summed E-state index contributed by atoms with van der Waals surface area (Å²) in [5.74, 6) is 0. The van der Waals surface area contributed by atoms with Gasteiger partial charge in [0.15, 0.2) is 0 Å². The fourth-order valence-corrected chi connectivity index (χ4v) is 3.24. The van der Waals surface area contributed by atoms with Gasteiger partial charge in [0, 0.05) is 25.7 Å². The van der Waals surface area contributed by atoms with Gasteiger partial charge in [-0.3, -0.25) is 4.57 Å². The SMILES string of the molecule is CCC1(c2cn(C(=O)N(C)C)cn2)Cc2ccccc2C1. The standard InChI is InChI=1S/C17H21N3O/c1-4-17(9-13-7-5-6-8-14(13)10-17)15-11-20(12-18-15)16(21)19(2)3/h5-8,11-12H,4,9-10H2,1-3H3. The number of imidazole rings is 1. The summed E-state index contributed by atoms with van der Waals surface area (Å²) in [4.78, 5) is 18.1. The predicted molar refractivity (Wildman–Crippen MR) is 82.5 cm³/mol. The third kappa shape index (κ3) is 2.24. The molecular formula is C17H21N3O. The second-order valence-electron chi connectivity index (χ2n) is 6.10. The highest BCUT2D eigenvalue weighted by Crippen LogP contribution is 2.41. The van der Waals surface area contributed by atoms with Crippen LogP contribution in [0.25, 0.3) is 0 Å². The molecule has 0 aliphatic heterocycles. The number of amides is 1. The lowest BCUT2D eigenvalue weighted by Crippen LogP contribution is -2.28. The van der Waals surface area contributed by atoms with Crippen molar-refractivity contribution in [2.45, 2.75) is 31.6 Å². The molecule has 0 fully saturated rings. The molecule has 2 aromatic rings. The molecule has 21 heavy (non-hydrogen) atoms. The van der Waals surface area contributed by atoms with E-state index in [1.54, 1.807) is 29.9 Å². The Bertz CT molecular complexity index is 647. The van der Waals surface area contributed by atoms with Gasteiger partial charge in [-0.15, -0.1) is 0 Å². The Kier molecular flexibility index (Phi) is 3.32. The van der Waals surface area contributed by atoms with E-state index in [2.05, 4.69) is 36.2 Å².